The quantitative estimate of drug-likeness (QED) is 0.939. The lowest BCUT2D eigenvalue weighted by Gasteiger charge is -2.06. The van der Waals surface area contributed by atoms with Gasteiger partial charge in [-0.3, -0.25) is 9.20 Å². The third-order valence-electron chi connectivity index (χ3n) is 2.97. The maximum absolute atomic E-state index is 12.3. The normalized spacial score (nSPS) is 10.9. The van der Waals surface area contributed by atoms with Crippen molar-refractivity contribution in [2.75, 3.05) is 6.54 Å². The van der Waals surface area contributed by atoms with E-state index in [9.17, 15) is 4.79 Å². The van der Waals surface area contributed by atoms with Crippen molar-refractivity contribution >= 4 is 27.5 Å². The summed E-state index contributed by atoms with van der Waals surface area (Å²) in [7, 11) is 0. The number of nitrogens with one attached hydrogen (secondary N) is 1. The number of nitrogens with zero attached hydrogens (tertiary/aromatic N) is 2. The number of rotatable bonds is 4. The summed E-state index contributed by atoms with van der Waals surface area (Å²) in [5, 5.41) is 2.93. The highest BCUT2D eigenvalue weighted by Gasteiger charge is 2.19. The van der Waals surface area contributed by atoms with E-state index < -0.39 is 0 Å². The van der Waals surface area contributed by atoms with E-state index >= 15 is 0 Å². The van der Waals surface area contributed by atoms with Gasteiger partial charge in [0.25, 0.3) is 5.91 Å². The zero-order chi connectivity index (χ0) is 14.0. The number of halogens is 1. The summed E-state index contributed by atoms with van der Waals surface area (Å²) in [6.07, 6.45) is 3.61. The highest BCUT2D eigenvalue weighted by atomic mass is 79.9. The zero-order valence-electron chi connectivity index (χ0n) is 11.5. The van der Waals surface area contributed by atoms with Crippen molar-refractivity contribution in [2.24, 2.45) is 0 Å². The molecule has 0 aliphatic heterocycles. The number of carbonyl (C=O) groups is 1. The second-order valence-corrected chi connectivity index (χ2v) is 5.43. The first-order chi connectivity index (χ1) is 9.08. The number of aromatic nitrogens is 2. The summed E-state index contributed by atoms with van der Waals surface area (Å²) in [4.78, 5) is 16.8. The Morgan fingerprint density at radius 3 is 2.84 bits per heavy atom. The molecular weight excluding hydrogens is 306 g/mol. The number of aryl methyl sites for hydroxylation is 2. The first-order valence-corrected chi connectivity index (χ1v) is 7.33. The van der Waals surface area contributed by atoms with Crippen molar-refractivity contribution in [3.8, 4) is 0 Å². The van der Waals surface area contributed by atoms with Gasteiger partial charge in [-0.05, 0) is 47.3 Å². The molecule has 0 spiro atoms. The summed E-state index contributed by atoms with van der Waals surface area (Å²) in [6.45, 7) is 6.74. The van der Waals surface area contributed by atoms with E-state index in [0.29, 0.717) is 12.2 Å². The van der Waals surface area contributed by atoms with E-state index in [1.807, 2.05) is 37.4 Å². The van der Waals surface area contributed by atoms with Crippen LogP contribution in [0.5, 0.6) is 0 Å². The van der Waals surface area contributed by atoms with Crippen LogP contribution in [0.2, 0.25) is 0 Å². The Kier molecular flexibility index (Phi) is 4.24. The lowest BCUT2D eigenvalue weighted by molar-refractivity contribution is 0.0947. The molecule has 0 aliphatic rings. The first-order valence-electron chi connectivity index (χ1n) is 6.53. The van der Waals surface area contributed by atoms with Gasteiger partial charge in [0.2, 0.25) is 0 Å². The number of hydrogen-bond acceptors (Lipinski definition) is 2. The average Bonchev–Trinajstić information content (AvgIpc) is 2.74. The monoisotopic (exact) mass is 323 g/mol. The fraction of sp³-hybridized carbons (Fsp3) is 0.429. The lowest BCUT2D eigenvalue weighted by Crippen LogP contribution is -2.26. The van der Waals surface area contributed by atoms with Gasteiger partial charge in [-0.15, -0.1) is 0 Å². The van der Waals surface area contributed by atoms with E-state index in [2.05, 4.69) is 26.2 Å². The van der Waals surface area contributed by atoms with E-state index in [0.717, 1.165) is 34.2 Å². The molecule has 0 radical (unpaired) electrons. The molecule has 0 aromatic carbocycles. The van der Waals surface area contributed by atoms with Gasteiger partial charge in [-0.1, -0.05) is 13.8 Å². The molecule has 0 unspecified atom stereocenters. The number of hydrogen-bond donors (Lipinski definition) is 1. The number of fused-ring (bicyclic) bond motifs is 1. The molecular formula is C14H18BrN3O. The molecule has 2 aromatic heterocycles. The second-order valence-electron chi connectivity index (χ2n) is 4.58. The number of imidazole rings is 1. The predicted molar refractivity (Wildman–Crippen MR) is 79.6 cm³/mol. The SMILES string of the molecule is CCCNC(=O)c1c(CC)nc2c(Br)cc(C)cn12. The minimum absolute atomic E-state index is 0.0521. The minimum Gasteiger partial charge on any atom is -0.351 e. The number of pyridine rings is 1. The highest BCUT2D eigenvalue weighted by Crippen LogP contribution is 2.22. The molecule has 0 bridgehead atoms. The van der Waals surface area contributed by atoms with Crippen molar-refractivity contribution in [1.29, 1.82) is 0 Å². The molecule has 102 valence electrons. The van der Waals surface area contributed by atoms with Crippen LogP contribution in [0.3, 0.4) is 0 Å². The summed E-state index contributed by atoms with van der Waals surface area (Å²) in [5.41, 5.74) is 3.36. The van der Waals surface area contributed by atoms with Gasteiger partial charge in [0, 0.05) is 12.7 Å². The summed E-state index contributed by atoms with van der Waals surface area (Å²) < 4.78 is 2.79. The molecule has 2 rings (SSSR count). The van der Waals surface area contributed by atoms with Crippen molar-refractivity contribution in [1.82, 2.24) is 14.7 Å². The zero-order valence-corrected chi connectivity index (χ0v) is 13.0. The Hall–Kier alpha value is -1.36. The maximum Gasteiger partial charge on any atom is 0.270 e. The van der Waals surface area contributed by atoms with Crippen LogP contribution in [0, 0.1) is 6.92 Å². The fourth-order valence-corrected chi connectivity index (χ4v) is 2.73. The van der Waals surface area contributed by atoms with Crippen LogP contribution in [0.4, 0.5) is 0 Å². The molecule has 1 N–H and O–H groups in total. The van der Waals surface area contributed by atoms with Crippen molar-refractivity contribution < 1.29 is 4.79 Å². The van der Waals surface area contributed by atoms with Crippen LogP contribution < -0.4 is 5.32 Å². The topological polar surface area (TPSA) is 46.4 Å². The molecule has 19 heavy (non-hydrogen) atoms. The molecule has 4 nitrogen and oxygen atoms in total. The summed E-state index contributed by atoms with van der Waals surface area (Å²) in [6, 6.07) is 2.01. The average molecular weight is 324 g/mol. The van der Waals surface area contributed by atoms with Crippen LogP contribution in [0.1, 0.15) is 42.0 Å². The van der Waals surface area contributed by atoms with Crippen LogP contribution in [0.25, 0.3) is 5.65 Å². The van der Waals surface area contributed by atoms with Gasteiger partial charge in [-0.25, -0.2) is 4.98 Å². The third-order valence-corrected chi connectivity index (χ3v) is 3.55. The van der Waals surface area contributed by atoms with Gasteiger partial charge >= 0.3 is 0 Å². The largest absolute Gasteiger partial charge is 0.351 e. The van der Waals surface area contributed by atoms with E-state index in [4.69, 9.17) is 0 Å². The van der Waals surface area contributed by atoms with Gasteiger partial charge in [0.15, 0.2) is 5.65 Å². The van der Waals surface area contributed by atoms with E-state index in [1.54, 1.807) is 0 Å². The molecule has 2 heterocycles. The van der Waals surface area contributed by atoms with Gasteiger partial charge in [0.1, 0.15) is 5.69 Å². The van der Waals surface area contributed by atoms with Crippen molar-refractivity contribution in [2.45, 2.75) is 33.6 Å². The second kappa shape index (κ2) is 5.74. The Morgan fingerprint density at radius 1 is 1.47 bits per heavy atom. The first kappa shape index (κ1) is 14.1. The van der Waals surface area contributed by atoms with Crippen molar-refractivity contribution in [3.63, 3.8) is 0 Å². The number of amides is 1. The number of carbonyl (C=O) groups excluding carboxylic acids is 1. The van der Waals surface area contributed by atoms with Gasteiger partial charge < -0.3 is 5.32 Å². The Labute approximate surface area is 121 Å². The standard InChI is InChI=1S/C14H18BrN3O/c1-4-6-16-14(19)12-11(5-2)17-13-10(15)7-9(3)8-18(12)13/h7-8H,4-6H2,1-3H3,(H,16,19). The molecule has 1 amide bonds. The van der Waals surface area contributed by atoms with Crippen LogP contribution >= 0.6 is 15.9 Å². The Morgan fingerprint density at radius 2 is 2.21 bits per heavy atom. The molecule has 0 aliphatic carbocycles. The summed E-state index contributed by atoms with van der Waals surface area (Å²) >= 11 is 3.51. The molecule has 0 fully saturated rings. The molecule has 2 aromatic rings. The van der Waals surface area contributed by atoms with Gasteiger partial charge in [-0.2, -0.15) is 0 Å². The van der Waals surface area contributed by atoms with E-state index in [-0.39, 0.29) is 5.91 Å². The third kappa shape index (κ3) is 2.66. The van der Waals surface area contributed by atoms with Crippen LogP contribution in [-0.4, -0.2) is 21.8 Å². The molecule has 0 atom stereocenters. The lowest BCUT2D eigenvalue weighted by atomic mass is 10.2. The molecule has 0 saturated carbocycles. The van der Waals surface area contributed by atoms with Gasteiger partial charge in [0.05, 0.1) is 10.2 Å². The van der Waals surface area contributed by atoms with Crippen molar-refractivity contribution in [3.05, 3.63) is 33.7 Å². The smallest absolute Gasteiger partial charge is 0.270 e. The van der Waals surface area contributed by atoms with Crippen LogP contribution in [0.15, 0.2) is 16.7 Å². The Balaban J connectivity index is 2.60. The fourth-order valence-electron chi connectivity index (χ4n) is 2.09. The highest BCUT2D eigenvalue weighted by molar-refractivity contribution is 9.10. The minimum atomic E-state index is -0.0521. The predicted octanol–water partition coefficient (Wildman–Crippen LogP) is 3.11. The van der Waals surface area contributed by atoms with E-state index in [1.165, 1.54) is 0 Å². The molecule has 5 heteroatoms. The summed E-state index contributed by atoms with van der Waals surface area (Å²) in [5.74, 6) is -0.0521. The Bertz CT molecular complexity index is 619. The molecule has 0 saturated heterocycles. The van der Waals surface area contributed by atoms with Crippen LogP contribution in [-0.2, 0) is 6.42 Å². The maximum atomic E-state index is 12.3.